The van der Waals surface area contributed by atoms with E-state index < -0.39 is 15.1 Å². The summed E-state index contributed by atoms with van der Waals surface area (Å²) in [5.41, 5.74) is 2.58. The van der Waals surface area contributed by atoms with Crippen LogP contribution in [0, 0.1) is 5.92 Å². The Hall–Kier alpha value is -2.32. The molecule has 2 aromatic carbocycles. The Balaban J connectivity index is 1.65. The molecule has 8 heteroatoms. The Morgan fingerprint density at radius 3 is 1.97 bits per heavy atom. The Bertz CT molecular complexity index is 1030. The molecule has 2 aliphatic heterocycles. The molecule has 0 unspecified atom stereocenters. The van der Waals surface area contributed by atoms with E-state index in [9.17, 15) is 9.59 Å². The summed E-state index contributed by atoms with van der Waals surface area (Å²) in [4.78, 5) is 26.0. The molecule has 0 fully saturated rings. The van der Waals surface area contributed by atoms with Gasteiger partial charge in [-0.2, -0.15) is 15.2 Å². The van der Waals surface area contributed by atoms with Crippen LogP contribution in [0.25, 0.3) is 0 Å². The summed E-state index contributed by atoms with van der Waals surface area (Å²) in [7, 11) is 0. The second-order valence-corrected chi connectivity index (χ2v) is 9.19. The van der Waals surface area contributed by atoms with E-state index in [-0.39, 0.29) is 11.8 Å². The van der Waals surface area contributed by atoms with E-state index in [1.165, 1.54) is 10.0 Å². The Labute approximate surface area is 185 Å². The normalized spacial score (nSPS) is 25.3. The van der Waals surface area contributed by atoms with Crippen LogP contribution in [0.3, 0.4) is 0 Å². The topological polar surface area (TPSA) is 65.3 Å². The first-order valence-electron chi connectivity index (χ1n) is 9.08. The van der Waals surface area contributed by atoms with Crippen LogP contribution in [0.15, 0.2) is 70.9 Å². The highest BCUT2D eigenvalue weighted by atomic mass is 79.9. The second kappa shape index (κ2) is 7.50. The number of carbonyl (C=O) groups excluding carboxylic acids is 2. The number of carbonyl (C=O) groups is 2. The second-order valence-electron chi connectivity index (χ2n) is 6.96. The summed E-state index contributed by atoms with van der Waals surface area (Å²) in [6.45, 7) is 3.59. The molecule has 29 heavy (non-hydrogen) atoms. The molecule has 0 N–H and O–H groups in total. The van der Waals surface area contributed by atoms with Crippen LogP contribution in [-0.4, -0.2) is 32.4 Å². The van der Waals surface area contributed by atoms with Crippen molar-refractivity contribution in [2.75, 3.05) is 10.0 Å². The number of para-hydroxylation sites is 2. The van der Waals surface area contributed by atoms with E-state index in [2.05, 4.69) is 42.1 Å². The quantitative estimate of drug-likeness (QED) is 0.566. The minimum atomic E-state index is -1.16. The summed E-state index contributed by atoms with van der Waals surface area (Å²) < 4.78 is -1.16. The van der Waals surface area contributed by atoms with Crippen molar-refractivity contribution in [3.05, 3.63) is 60.7 Å². The van der Waals surface area contributed by atoms with Crippen LogP contribution in [0.5, 0.6) is 0 Å². The number of alkyl halides is 2. The lowest BCUT2D eigenvalue weighted by Crippen LogP contribution is -2.53. The third-order valence-corrected chi connectivity index (χ3v) is 8.37. The SMILES string of the molecule is CC1=NN(c2ccccc2)C(=O)[C@@H]1[C@H](Br)[C@]1(Br)C(=O)N(c2ccccc2)N=C1C. The molecule has 3 atom stereocenters. The molecule has 2 amide bonds. The van der Waals surface area contributed by atoms with Crippen molar-refractivity contribution in [1.82, 2.24) is 0 Å². The molecule has 0 spiro atoms. The fourth-order valence-corrected chi connectivity index (χ4v) is 5.19. The zero-order valence-corrected chi connectivity index (χ0v) is 19.0. The zero-order chi connectivity index (χ0) is 20.8. The van der Waals surface area contributed by atoms with E-state index in [0.29, 0.717) is 22.8 Å². The maximum atomic E-state index is 13.4. The van der Waals surface area contributed by atoms with Gasteiger partial charge in [0.2, 0.25) is 0 Å². The number of hydrogen-bond acceptors (Lipinski definition) is 4. The van der Waals surface area contributed by atoms with Gasteiger partial charge in [-0.05, 0) is 38.1 Å². The van der Waals surface area contributed by atoms with Gasteiger partial charge in [0, 0.05) is 5.71 Å². The lowest BCUT2D eigenvalue weighted by molar-refractivity contribution is -0.120. The van der Waals surface area contributed by atoms with Crippen LogP contribution < -0.4 is 10.0 Å². The number of amides is 2. The van der Waals surface area contributed by atoms with Gasteiger partial charge in [0.05, 0.1) is 27.8 Å². The van der Waals surface area contributed by atoms with Crippen molar-refractivity contribution < 1.29 is 9.59 Å². The predicted octanol–water partition coefficient (Wildman–Crippen LogP) is 4.35. The number of rotatable bonds is 4. The molecule has 2 aromatic rings. The molecule has 4 rings (SSSR count). The first kappa shape index (κ1) is 20.0. The minimum Gasteiger partial charge on any atom is -0.272 e. The third kappa shape index (κ3) is 3.14. The molecular weight excluding hydrogens is 500 g/mol. The molecule has 6 nitrogen and oxygen atoms in total. The van der Waals surface area contributed by atoms with Crippen LogP contribution in [-0.2, 0) is 9.59 Å². The average Bonchev–Trinajstić information content (AvgIpc) is 3.17. The minimum absolute atomic E-state index is 0.187. The van der Waals surface area contributed by atoms with Crippen molar-refractivity contribution in [2.45, 2.75) is 23.0 Å². The van der Waals surface area contributed by atoms with Gasteiger partial charge in [-0.3, -0.25) is 9.59 Å². The van der Waals surface area contributed by atoms with Crippen LogP contribution in [0.2, 0.25) is 0 Å². The Morgan fingerprint density at radius 2 is 1.41 bits per heavy atom. The summed E-state index contributed by atoms with van der Waals surface area (Å²) in [5, 5.41) is 11.7. The van der Waals surface area contributed by atoms with Gasteiger partial charge >= 0.3 is 0 Å². The first-order chi connectivity index (χ1) is 13.9. The molecule has 2 aliphatic rings. The molecule has 0 aromatic heterocycles. The number of benzene rings is 2. The Kier molecular flexibility index (Phi) is 5.16. The fraction of sp³-hybridized carbons (Fsp3) is 0.238. The van der Waals surface area contributed by atoms with Gasteiger partial charge in [0.25, 0.3) is 11.8 Å². The fourth-order valence-electron chi connectivity index (χ4n) is 3.54. The first-order valence-corrected chi connectivity index (χ1v) is 10.8. The van der Waals surface area contributed by atoms with Gasteiger partial charge in [-0.1, -0.05) is 68.3 Å². The van der Waals surface area contributed by atoms with Gasteiger partial charge in [0.1, 0.15) is 0 Å². The molecule has 0 aliphatic carbocycles. The number of hydrogen-bond donors (Lipinski definition) is 0. The van der Waals surface area contributed by atoms with E-state index >= 15 is 0 Å². The van der Waals surface area contributed by atoms with Crippen LogP contribution in [0.4, 0.5) is 11.4 Å². The van der Waals surface area contributed by atoms with Crippen LogP contribution in [0.1, 0.15) is 13.8 Å². The molecule has 2 heterocycles. The van der Waals surface area contributed by atoms with Crippen molar-refractivity contribution in [2.24, 2.45) is 16.1 Å². The maximum absolute atomic E-state index is 13.4. The maximum Gasteiger partial charge on any atom is 0.271 e. The van der Waals surface area contributed by atoms with E-state index in [1.54, 1.807) is 13.8 Å². The molecule has 148 valence electrons. The zero-order valence-electron chi connectivity index (χ0n) is 15.8. The molecule has 0 saturated carbocycles. The van der Waals surface area contributed by atoms with Crippen molar-refractivity contribution in [3.63, 3.8) is 0 Å². The van der Waals surface area contributed by atoms with Crippen molar-refractivity contribution >= 4 is 66.5 Å². The number of anilines is 2. The molecule has 0 saturated heterocycles. The molecule has 0 bridgehead atoms. The van der Waals surface area contributed by atoms with E-state index in [0.717, 1.165) is 0 Å². The number of halogens is 2. The lowest BCUT2D eigenvalue weighted by atomic mass is 9.88. The summed E-state index contributed by atoms with van der Waals surface area (Å²) in [6.07, 6.45) is 0. The highest BCUT2D eigenvalue weighted by molar-refractivity contribution is 9.13. The highest BCUT2D eigenvalue weighted by Crippen LogP contribution is 2.43. The summed E-state index contributed by atoms with van der Waals surface area (Å²) in [6, 6.07) is 18.5. The standard InChI is InChI=1S/C21H18Br2N4O2/c1-13-17(19(28)26(24-13)15-9-5-3-6-10-15)18(22)21(23)14(2)25-27(20(21)29)16-11-7-4-8-12-16/h3-12,17-18H,1-2H3/t17-,18-,21-/m0/s1. The van der Waals surface area contributed by atoms with Gasteiger partial charge in [-0.15, -0.1) is 0 Å². The number of nitrogens with zero attached hydrogens (tertiary/aromatic N) is 4. The highest BCUT2D eigenvalue weighted by Gasteiger charge is 2.58. The van der Waals surface area contributed by atoms with Crippen molar-refractivity contribution in [1.29, 1.82) is 0 Å². The smallest absolute Gasteiger partial charge is 0.271 e. The predicted molar refractivity (Wildman–Crippen MR) is 122 cm³/mol. The lowest BCUT2D eigenvalue weighted by Gasteiger charge is -2.30. The molecule has 0 radical (unpaired) electrons. The average molecular weight is 518 g/mol. The van der Waals surface area contributed by atoms with Crippen molar-refractivity contribution in [3.8, 4) is 0 Å². The Morgan fingerprint density at radius 1 is 0.897 bits per heavy atom. The number of hydrazone groups is 2. The van der Waals surface area contributed by atoms with Gasteiger partial charge in [-0.25, -0.2) is 5.01 Å². The van der Waals surface area contributed by atoms with Gasteiger partial charge in [0.15, 0.2) is 4.32 Å². The summed E-state index contributed by atoms with van der Waals surface area (Å²) >= 11 is 7.27. The van der Waals surface area contributed by atoms with E-state index in [4.69, 9.17) is 0 Å². The third-order valence-electron chi connectivity index (χ3n) is 5.14. The monoisotopic (exact) mass is 516 g/mol. The van der Waals surface area contributed by atoms with Gasteiger partial charge < -0.3 is 0 Å². The molecular formula is C21H18Br2N4O2. The summed E-state index contributed by atoms with van der Waals surface area (Å²) in [5.74, 6) is -1.05. The van der Waals surface area contributed by atoms with Crippen LogP contribution >= 0.6 is 31.9 Å². The largest absolute Gasteiger partial charge is 0.272 e. The van der Waals surface area contributed by atoms with E-state index in [1.807, 2.05) is 60.7 Å².